The van der Waals surface area contributed by atoms with E-state index in [1.165, 1.54) is 12.1 Å². The highest BCUT2D eigenvalue weighted by molar-refractivity contribution is 5.55. The van der Waals surface area contributed by atoms with Crippen molar-refractivity contribution in [2.24, 2.45) is 0 Å². The predicted molar refractivity (Wildman–Crippen MR) is 103 cm³/mol. The molecule has 0 radical (unpaired) electrons. The van der Waals surface area contributed by atoms with Gasteiger partial charge in [0.15, 0.2) is 11.5 Å². The van der Waals surface area contributed by atoms with E-state index in [0.717, 1.165) is 11.3 Å². The maximum Gasteiger partial charge on any atom is 0.229 e. The molecule has 0 bridgehead atoms. The van der Waals surface area contributed by atoms with Gasteiger partial charge in [-0.25, -0.2) is 9.37 Å². The number of aryl methyl sites for hydroxylation is 1. The van der Waals surface area contributed by atoms with Crippen molar-refractivity contribution in [1.29, 1.82) is 0 Å². The zero-order chi connectivity index (χ0) is 19.2. The predicted octanol–water partition coefficient (Wildman–Crippen LogP) is 4.30. The lowest BCUT2D eigenvalue weighted by Crippen LogP contribution is -2.06. The van der Waals surface area contributed by atoms with E-state index in [2.05, 4.69) is 20.6 Å². The Bertz CT molecular complexity index is 934. The molecule has 6 nitrogen and oxygen atoms in total. The number of halogens is 1. The van der Waals surface area contributed by atoms with Crippen LogP contribution in [0.3, 0.4) is 0 Å². The van der Waals surface area contributed by atoms with Gasteiger partial charge in [-0.2, -0.15) is 4.98 Å². The molecule has 3 rings (SSSR count). The van der Waals surface area contributed by atoms with Gasteiger partial charge in [0.25, 0.3) is 0 Å². The van der Waals surface area contributed by atoms with E-state index < -0.39 is 0 Å². The molecule has 140 valence electrons. The number of nitrogens with one attached hydrogen (secondary N) is 2. The van der Waals surface area contributed by atoms with Crippen LogP contribution in [0.5, 0.6) is 11.5 Å². The first-order valence-corrected chi connectivity index (χ1v) is 8.40. The van der Waals surface area contributed by atoms with Crippen LogP contribution in [0.2, 0.25) is 0 Å². The van der Waals surface area contributed by atoms with Gasteiger partial charge in [-0.1, -0.05) is 12.1 Å². The molecule has 1 heterocycles. The number of anilines is 3. The third-order valence-corrected chi connectivity index (χ3v) is 3.86. The summed E-state index contributed by atoms with van der Waals surface area (Å²) in [5.74, 6) is 2.09. The Morgan fingerprint density at radius 1 is 0.963 bits per heavy atom. The van der Waals surface area contributed by atoms with Gasteiger partial charge in [0.2, 0.25) is 5.95 Å². The molecule has 0 atom stereocenters. The number of hydrogen-bond acceptors (Lipinski definition) is 6. The van der Waals surface area contributed by atoms with E-state index in [4.69, 9.17) is 9.47 Å². The van der Waals surface area contributed by atoms with Gasteiger partial charge < -0.3 is 20.1 Å². The first-order chi connectivity index (χ1) is 13.1. The lowest BCUT2D eigenvalue weighted by Gasteiger charge is -2.12. The van der Waals surface area contributed by atoms with Gasteiger partial charge in [0, 0.05) is 24.0 Å². The molecule has 0 saturated heterocycles. The quantitative estimate of drug-likeness (QED) is 0.648. The second-order valence-electron chi connectivity index (χ2n) is 5.90. The molecule has 2 aromatic carbocycles. The molecule has 7 heteroatoms. The van der Waals surface area contributed by atoms with Crippen molar-refractivity contribution in [3.8, 4) is 11.5 Å². The van der Waals surface area contributed by atoms with Crippen LogP contribution in [0.4, 0.5) is 21.8 Å². The second-order valence-corrected chi connectivity index (χ2v) is 5.90. The number of nitrogens with zero attached hydrogens (tertiary/aromatic N) is 2. The first-order valence-electron chi connectivity index (χ1n) is 8.40. The zero-order valence-corrected chi connectivity index (χ0v) is 15.4. The van der Waals surface area contributed by atoms with Crippen LogP contribution in [0, 0.1) is 12.7 Å². The van der Waals surface area contributed by atoms with Crippen molar-refractivity contribution in [3.05, 3.63) is 65.6 Å². The topological polar surface area (TPSA) is 68.3 Å². The van der Waals surface area contributed by atoms with Gasteiger partial charge in [-0.3, -0.25) is 0 Å². The Kier molecular flexibility index (Phi) is 5.71. The number of benzene rings is 2. The van der Waals surface area contributed by atoms with Crippen molar-refractivity contribution >= 4 is 17.5 Å². The molecule has 0 aliphatic carbocycles. The molecule has 0 fully saturated rings. The monoisotopic (exact) mass is 368 g/mol. The minimum Gasteiger partial charge on any atom is -0.493 e. The summed E-state index contributed by atoms with van der Waals surface area (Å²) in [6.45, 7) is 2.43. The fraction of sp³-hybridized carbons (Fsp3) is 0.200. The molecule has 0 spiro atoms. The van der Waals surface area contributed by atoms with E-state index in [0.29, 0.717) is 35.5 Å². The van der Waals surface area contributed by atoms with Gasteiger partial charge in [-0.05, 0) is 42.8 Å². The van der Waals surface area contributed by atoms with Crippen LogP contribution < -0.4 is 20.1 Å². The molecular formula is C20H21FN4O2. The summed E-state index contributed by atoms with van der Waals surface area (Å²) in [6.07, 6.45) is 0. The third-order valence-electron chi connectivity index (χ3n) is 3.86. The molecule has 0 amide bonds. The largest absolute Gasteiger partial charge is 0.493 e. The Morgan fingerprint density at radius 2 is 1.78 bits per heavy atom. The summed E-state index contributed by atoms with van der Waals surface area (Å²) in [7, 11) is 3.21. The highest BCUT2D eigenvalue weighted by Crippen LogP contribution is 2.28. The summed E-state index contributed by atoms with van der Waals surface area (Å²) in [6, 6.07) is 13.7. The van der Waals surface area contributed by atoms with Gasteiger partial charge in [0.05, 0.1) is 14.2 Å². The van der Waals surface area contributed by atoms with Gasteiger partial charge in [0.1, 0.15) is 11.6 Å². The summed E-state index contributed by atoms with van der Waals surface area (Å²) in [5, 5.41) is 6.29. The summed E-state index contributed by atoms with van der Waals surface area (Å²) >= 11 is 0. The lowest BCUT2D eigenvalue weighted by molar-refractivity contribution is 0.354. The van der Waals surface area contributed by atoms with Crippen LogP contribution in [0.1, 0.15) is 11.3 Å². The smallest absolute Gasteiger partial charge is 0.229 e. The fourth-order valence-corrected chi connectivity index (χ4v) is 2.59. The van der Waals surface area contributed by atoms with Crippen LogP contribution >= 0.6 is 0 Å². The third kappa shape index (κ3) is 4.84. The number of ether oxygens (including phenoxy) is 2. The Hall–Kier alpha value is -3.35. The number of rotatable bonds is 7. The van der Waals surface area contributed by atoms with Gasteiger partial charge in [-0.15, -0.1) is 0 Å². The Balaban J connectivity index is 1.73. The van der Waals surface area contributed by atoms with Gasteiger partial charge >= 0.3 is 0 Å². The van der Waals surface area contributed by atoms with Crippen molar-refractivity contribution < 1.29 is 13.9 Å². The van der Waals surface area contributed by atoms with E-state index in [-0.39, 0.29) is 5.82 Å². The summed E-state index contributed by atoms with van der Waals surface area (Å²) in [4.78, 5) is 8.78. The molecule has 2 N–H and O–H groups in total. The molecule has 0 aliphatic rings. The molecule has 3 aromatic rings. The van der Waals surface area contributed by atoms with Crippen LogP contribution in [-0.2, 0) is 6.54 Å². The molecule has 0 saturated carbocycles. The standard InChI is InChI=1S/C20H21FN4O2/c1-13-9-19(22-12-14-7-8-17(26-2)18(10-14)27-3)25-20(23-13)24-16-6-4-5-15(21)11-16/h4-11H,12H2,1-3H3,(H2,22,23,24,25). The number of methoxy groups -OCH3 is 2. The van der Waals surface area contributed by atoms with Crippen LogP contribution in [0.15, 0.2) is 48.5 Å². The number of aromatic nitrogens is 2. The summed E-state index contributed by atoms with van der Waals surface area (Å²) in [5.41, 5.74) is 2.40. The molecule has 0 unspecified atom stereocenters. The van der Waals surface area contributed by atoms with Crippen molar-refractivity contribution in [2.45, 2.75) is 13.5 Å². The van der Waals surface area contributed by atoms with Crippen molar-refractivity contribution in [2.75, 3.05) is 24.9 Å². The van der Waals surface area contributed by atoms with E-state index in [9.17, 15) is 4.39 Å². The average molecular weight is 368 g/mol. The Labute approximate surface area is 157 Å². The summed E-state index contributed by atoms with van der Waals surface area (Å²) < 4.78 is 23.9. The molecule has 0 aliphatic heterocycles. The molecule has 27 heavy (non-hydrogen) atoms. The number of hydrogen-bond donors (Lipinski definition) is 2. The molecule has 1 aromatic heterocycles. The van der Waals surface area contributed by atoms with Crippen LogP contribution in [-0.4, -0.2) is 24.2 Å². The average Bonchev–Trinajstić information content (AvgIpc) is 2.65. The van der Waals surface area contributed by atoms with E-state index in [1.54, 1.807) is 26.4 Å². The highest BCUT2D eigenvalue weighted by atomic mass is 19.1. The normalized spacial score (nSPS) is 10.4. The molecular weight excluding hydrogens is 347 g/mol. The minimum absolute atomic E-state index is 0.320. The van der Waals surface area contributed by atoms with Crippen molar-refractivity contribution in [1.82, 2.24) is 9.97 Å². The fourth-order valence-electron chi connectivity index (χ4n) is 2.59. The zero-order valence-electron chi connectivity index (χ0n) is 15.4. The van der Waals surface area contributed by atoms with E-state index >= 15 is 0 Å². The maximum atomic E-state index is 13.3. The highest BCUT2D eigenvalue weighted by Gasteiger charge is 2.07. The second kappa shape index (κ2) is 8.35. The SMILES string of the molecule is COc1ccc(CNc2cc(C)nc(Nc3cccc(F)c3)n2)cc1OC. The van der Waals surface area contributed by atoms with Crippen LogP contribution in [0.25, 0.3) is 0 Å². The minimum atomic E-state index is -0.320. The Morgan fingerprint density at radius 3 is 2.52 bits per heavy atom. The lowest BCUT2D eigenvalue weighted by atomic mass is 10.2. The van der Waals surface area contributed by atoms with E-state index in [1.807, 2.05) is 31.2 Å². The maximum absolute atomic E-state index is 13.3. The first kappa shape index (κ1) is 18.4. The van der Waals surface area contributed by atoms with Crippen molar-refractivity contribution in [3.63, 3.8) is 0 Å².